The van der Waals surface area contributed by atoms with E-state index in [1.165, 1.54) is 12.8 Å². The van der Waals surface area contributed by atoms with Gasteiger partial charge < -0.3 is 15.4 Å². The Morgan fingerprint density at radius 3 is 2.74 bits per heavy atom. The fraction of sp³-hybridized carbons (Fsp3) is 0.286. The Kier molecular flexibility index (Phi) is 4.62. The number of nitrogens with zero attached hydrogens (tertiary/aromatic N) is 2. The first kappa shape index (κ1) is 17.3. The molecule has 0 saturated heterocycles. The van der Waals surface area contributed by atoms with Gasteiger partial charge in [0, 0.05) is 17.0 Å². The van der Waals surface area contributed by atoms with Crippen LogP contribution >= 0.6 is 0 Å². The summed E-state index contributed by atoms with van der Waals surface area (Å²) in [5.74, 6) is 1.94. The minimum absolute atomic E-state index is 0.318. The SMILES string of the molecule is COc1ccccc1-c1ccc2c(N[C@H](C)C3CC3)c(NC=O)nnc2c1. The van der Waals surface area contributed by atoms with Crippen LogP contribution in [0.25, 0.3) is 22.0 Å². The van der Waals surface area contributed by atoms with Crippen LogP contribution in [-0.2, 0) is 4.79 Å². The van der Waals surface area contributed by atoms with Gasteiger partial charge in [0.05, 0.1) is 18.3 Å². The van der Waals surface area contributed by atoms with Gasteiger partial charge in [0.1, 0.15) is 5.75 Å². The van der Waals surface area contributed by atoms with Crippen molar-refractivity contribution in [1.29, 1.82) is 0 Å². The predicted octanol–water partition coefficient (Wildman–Crippen LogP) is 4.08. The Hall–Kier alpha value is -3.15. The van der Waals surface area contributed by atoms with Gasteiger partial charge in [-0.1, -0.05) is 24.3 Å². The minimum atomic E-state index is 0.318. The molecule has 6 nitrogen and oxygen atoms in total. The third-order valence-electron chi connectivity index (χ3n) is 5.08. The molecule has 1 saturated carbocycles. The van der Waals surface area contributed by atoms with Crippen LogP contribution in [-0.4, -0.2) is 29.8 Å². The highest BCUT2D eigenvalue weighted by Gasteiger charge is 2.29. The van der Waals surface area contributed by atoms with Crippen LogP contribution in [0.3, 0.4) is 0 Å². The Balaban J connectivity index is 1.80. The first-order valence-electron chi connectivity index (χ1n) is 9.12. The summed E-state index contributed by atoms with van der Waals surface area (Å²) in [6.45, 7) is 2.16. The molecule has 2 N–H and O–H groups in total. The van der Waals surface area contributed by atoms with E-state index in [1.54, 1.807) is 7.11 Å². The van der Waals surface area contributed by atoms with Crippen molar-refractivity contribution in [2.24, 2.45) is 5.92 Å². The summed E-state index contributed by atoms with van der Waals surface area (Å²) < 4.78 is 5.48. The monoisotopic (exact) mass is 362 g/mol. The zero-order chi connectivity index (χ0) is 18.8. The Morgan fingerprint density at radius 1 is 1.19 bits per heavy atom. The summed E-state index contributed by atoms with van der Waals surface area (Å²) >= 11 is 0. The minimum Gasteiger partial charge on any atom is -0.496 e. The van der Waals surface area contributed by atoms with Crippen LogP contribution in [0.1, 0.15) is 19.8 Å². The third-order valence-corrected chi connectivity index (χ3v) is 5.08. The maximum absolute atomic E-state index is 11.0. The average molecular weight is 362 g/mol. The lowest BCUT2D eigenvalue weighted by molar-refractivity contribution is -0.105. The fourth-order valence-corrected chi connectivity index (χ4v) is 3.40. The van der Waals surface area contributed by atoms with Gasteiger partial charge in [-0.05, 0) is 49.4 Å². The summed E-state index contributed by atoms with van der Waals surface area (Å²) in [7, 11) is 1.67. The molecule has 6 heteroatoms. The molecule has 1 heterocycles. The van der Waals surface area contributed by atoms with E-state index in [0.717, 1.165) is 33.5 Å². The maximum Gasteiger partial charge on any atom is 0.212 e. The van der Waals surface area contributed by atoms with Crippen molar-refractivity contribution in [2.45, 2.75) is 25.8 Å². The van der Waals surface area contributed by atoms with Crippen molar-refractivity contribution in [3.05, 3.63) is 42.5 Å². The highest BCUT2D eigenvalue weighted by Crippen LogP contribution is 2.38. The molecular formula is C21H22N4O2. The first-order chi connectivity index (χ1) is 13.2. The Morgan fingerprint density at radius 2 is 2.00 bits per heavy atom. The van der Waals surface area contributed by atoms with Gasteiger partial charge in [-0.25, -0.2) is 0 Å². The van der Waals surface area contributed by atoms with Crippen molar-refractivity contribution in [3.8, 4) is 16.9 Å². The van der Waals surface area contributed by atoms with Crippen molar-refractivity contribution in [2.75, 3.05) is 17.7 Å². The largest absolute Gasteiger partial charge is 0.496 e. The van der Waals surface area contributed by atoms with E-state index in [1.807, 2.05) is 42.5 Å². The van der Waals surface area contributed by atoms with E-state index in [9.17, 15) is 4.79 Å². The standard InChI is InChI=1S/C21H22N4O2/c1-13(14-7-8-14)23-20-17-10-9-15(16-5-3-4-6-19(16)27-2)11-18(17)24-25-21(20)22-12-26/h3-6,9-14H,7-8H2,1-2H3,(H,23,24)(H,22,25,26)/t13-/m1/s1. The van der Waals surface area contributed by atoms with Gasteiger partial charge in [0.2, 0.25) is 6.41 Å². The molecule has 1 aromatic heterocycles. The summed E-state index contributed by atoms with van der Waals surface area (Å²) in [5, 5.41) is 15.7. The van der Waals surface area contributed by atoms with Crippen LogP contribution in [0.15, 0.2) is 42.5 Å². The van der Waals surface area contributed by atoms with Crippen LogP contribution in [0.2, 0.25) is 0 Å². The molecule has 0 aliphatic heterocycles. The molecule has 0 unspecified atom stereocenters. The van der Waals surface area contributed by atoms with E-state index in [-0.39, 0.29) is 0 Å². The maximum atomic E-state index is 11.0. The number of carbonyl (C=O) groups is 1. The van der Waals surface area contributed by atoms with Crippen molar-refractivity contribution >= 4 is 28.8 Å². The summed E-state index contributed by atoms with van der Waals surface area (Å²) in [6.07, 6.45) is 3.10. The fourth-order valence-electron chi connectivity index (χ4n) is 3.40. The normalized spacial score (nSPS) is 14.6. The van der Waals surface area contributed by atoms with E-state index in [4.69, 9.17) is 4.74 Å². The van der Waals surface area contributed by atoms with Crippen molar-refractivity contribution in [3.63, 3.8) is 0 Å². The molecule has 2 aromatic carbocycles. The van der Waals surface area contributed by atoms with Gasteiger partial charge in [0.25, 0.3) is 0 Å². The zero-order valence-corrected chi connectivity index (χ0v) is 15.4. The number of rotatable bonds is 7. The molecule has 0 spiro atoms. The van der Waals surface area contributed by atoms with Crippen LogP contribution < -0.4 is 15.4 Å². The molecule has 1 aliphatic carbocycles. The number of hydrogen-bond acceptors (Lipinski definition) is 5. The van der Waals surface area contributed by atoms with E-state index in [0.29, 0.717) is 24.2 Å². The molecule has 4 rings (SSSR count). The van der Waals surface area contributed by atoms with Gasteiger partial charge in [-0.3, -0.25) is 4.79 Å². The second kappa shape index (κ2) is 7.23. The number of anilines is 2. The first-order valence-corrected chi connectivity index (χ1v) is 9.12. The van der Waals surface area contributed by atoms with Gasteiger partial charge in [-0.2, -0.15) is 0 Å². The molecule has 1 fully saturated rings. The molecule has 138 valence electrons. The average Bonchev–Trinajstić information content (AvgIpc) is 3.55. The Bertz CT molecular complexity index is 985. The number of ether oxygens (including phenoxy) is 1. The highest BCUT2D eigenvalue weighted by molar-refractivity contribution is 5.99. The number of carbonyl (C=O) groups excluding carboxylic acids is 1. The number of hydrogen-bond donors (Lipinski definition) is 2. The lowest BCUT2D eigenvalue weighted by Gasteiger charge is -2.18. The number of fused-ring (bicyclic) bond motifs is 1. The second-order valence-electron chi connectivity index (χ2n) is 6.89. The molecule has 0 bridgehead atoms. The number of methoxy groups -OCH3 is 1. The number of aromatic nitrogens is 2. The third kappa shape index (κ3) is 3.43. The van der Waals surface area contributed by atoms with E-state index in [2.05, 4.69) is 27.8 Å². The predicted molar refractivity (Wildman–Crippen MR) is 107 cm³/mol. The quantitative estimate of drug-likeness (QED) is 0.619. The van der Waals surface area contributed by atoms with Crippen molar-refractivity contribution < 1.29 is 9.53 Å². The topological polar surface area (TPSA) is 76.1 Å². The lowest BCUT2D eigenvalue weighted by Crippen LogP contribution is -2.19. The van der Waals surface area contributed by atoms with E-state index < -0.39 is 0 Å². The molecule has 1 aliphatic rings. The highest BCUT2D eigenvalue weighted by atomic mass is 16.5. The zero-order valence-electron chi connectivity index (χ0n) is 15.4. The molecule has 1 amide bonds. The molecule has 0 radical (unpaired) electrons. The smallest absolute Gasteiger partial charge is 0.212 e. The van der Waals surface area contributed by atoms with Crippen molar-refractivity contribution in [1.82, 2.24) is 10.2 Å². The van der Waals surface area contributed by atoms with E-state index >= 15 is 0 Å². The molecule has 1 atom stereocenters. The van der Waals surface area contributed by atoms with Crippen LogP contribution in [0.4, 0.5) is 11.5 Å². The van der Waals surface area contributed by atoms with Gasteiger partial charge in [-0.15, -0.1) is 10.2 Å². The summed E-state index contributed by atoms with van der Waals surface area (Å²) in [5.41, 5.74) is 3.59. The summed E-state index contributed by atoms with van der Waals surface area (Å²) in [6, 6.07) is 14.3. The summed E-state index contributed by atoms with van der Waals surface area (Å²) in [4.78, 5) is 11.0. The molecular weight excluding hydrogens is 340 g/mol. The number of benzene rings is 2. The lowest BCUT2D eigenvalue weighted by atomic mass is 10.0. The number of amides is 1. The second-order valence-corrected chi connectivity index (χ2v) is 6.89. The van der Waals surface area contributed by atoms with Gasteiger partial charge in [0.15, 0.2) is 5.82 Å². The molecule has 3 aromatic rings. The number of para-hydroxylation sites is 1. The van der Waals surface area contributed by atoms with Gasteiger partial charge >= 0.3 is 0 Å². The number of nitrogens with one attached hydrogen (secondary N) is 2. The van der Waals surface area contributed by atoms with Crippen LogP contribution in [0.5, 0.6) is 5.75 Å². The molecule has 27 heavy (non-hydrogen) atoms. The Labute approximate surface area is 158 Å². The van der Waals surface area contributed by atoms with Crippen LogP contribution in [0, 0.1) is 5.92 Å².